The SMILES string of the molecule is CC(C)[C@@H](NC(=O)c1cc2ccccc2[nH]1)c1nnc2ccccn12. The van der Waals surface area contributed by atoms with Crippen LogP contribution in [-0.2, 0) is 0 Å². The van der Waals surface area contributed by atoms with Crippen molar-refractivity contribution in [3.05, 3.63) is 66.2 Å². The summed E-state index contributed by atoms with van der Waals surface area (Å²) < 4.78 is 1.91. The van der Waals surface area contributed by atoms with Crippen molar-refractivity contribution in [3.63, 3.8) is 0 Å². The fraction of sp³-hybridized carbons (Fsp3) is 0.211. The van der Waals surface area contributed by atoms with Crippen molar-refractivity contribution in [2.45, 2.75) is 19.9 Å². The van der Waals surface area contributed by atoms with Gasteiger partial charge in [-0.1, -0.05) is 38.1 Å². The van der Waals surface area contributed by atoms with E-state index >= 15 is 0 Å². The smallest absolute Gasteiger partial charge is 0.268 e. The number of aromatic amines is 1. The lowest BCUT2D eigenvalue weighted by atomic mass is 10.0. The first kappa shape index (κ1) is 15.4. The molecule has 0 aliphatic rings. The number of nitrogens with one attached hydrogen (secondary N) is 2. The van der Waals surface area contributed by atoms with Gasteiger partial charge in [-0.2, -0.15) is 0 Å². The van der Waals surface area contributed by atoms with Gasteiger partial charge >= 0.3 is 0 Å². The Labute approximate surface area is 144 Å². The zero-order chi connectivity index (χ0) is 17.4. The predicted octanol–water partition coefficient (Wildman–Crippen LogP) is 3.34. The molecular formula is C19H19N5O. The molecule has 0 unspecified atom stereocenters. The summed E-state index contributed by atoms with van der Waals surface area (Å²) in [6, 6.07) is 15.2. The number of amides is 1. The van der Waals surface area contributed by atoms with E-state index in [1.54, 1.807) is 0 Å². The number of rotatable bonds is 4. The van der Waals surface area contributed by atoms with Crippen LogP contribution in [0.15, 0.2) is 54.7 Å². The average Bonchev–Trinajstić information content (AvgIpc) is 3.23. The first-order valence-corrected chi connectivity index (χ1v) is 8.32. The molecule has 3 aromatic heterocycles. The Morgan fingerprint density at radius 1 is 1.12 bits per heavy atom. The Morgan fingerprint density at radius 3 is 2.72 bits per heavy atom. The summed E-state index contributed by atoms with van der Waals surface area (Å²) in [7, 11) is 0. The third-order valence-corrected chi connectivity index (χ3v) is 4.35. The van der Waals surface area contributed by atoms with Crippen LogP contribution in [0.4, 0.5) is 0 Å². The lowest BCUT2D eigenvalue weighted by Crippen LogP contribution is -2.33. The van der Waals surface area contributed by atoms with Gasteiger partial charge < -0.3 is 10.3 Å². The van der Waals surface area contributed by atoms with E-state index in [-0.39, 0.29) is 17.9 Å². The Kier molecular flexibility index (Phi) is 3.72. The summed E-state index contributed by atoms with van der Waals surface area (Å²) in [5.41, 5.74) is 2.25. The second-order valence-electron chi connectivity index (χ2n) is 6.45. The van der Waals surface area contributed by atoms with E-state index in [0.717, 1.165) is 22.4 Å². The van der Waals surface area contributed by atoms with Crippen molar-refractivity contribution >= 4 is 22.5 Å². The van der Waals surface area contributed by atoms with Crippen molar-refractivity contribution in [1.82, 2.24) is 24.9 Å². The maximum Gasteiger partial charge on any atom is 0.268 e. The van der Waals surface area contributed by atoms with Gasteiger partial charge in [0, 0.05) is 17.1 Å². The second kappa shape index (κ2) is 6.05. The third-order valence-electron chi connectivity index (χ3n) is 4.35. The van der Waals surface area contributed by atoms with E-state index in [4.69, 9.17) is 0 Å². The van der Waals surface area contributed by atoms with Crippen LogP contribution in [-0.4, -0.2) is 25.5 Å². The largest absolute Gasteiger partial charge is 0.351 e. The van der Waals surface area contributed by atoms with Crippen LogP contribution in [0.25, 0.3) is 16.6 Å². The molecule has 0 bridgehead atoms. The number of aromatic nitrogens is 4. The number of hydrogen-bond donors (Lipinski definition) is 2. The molecule has 1 atom stereocenters. The maximum atomic E-state index is 12.8. The number of fused-ring (bicyclic) bond motifs is 2. The molecule has 0 fully saturated rings. The Bertz CT molecular complexity index is 1010. The molecule has 4 rings (SSSR count). The predicted molar refractivity (Wildman–Crippen MR) is 96.3 cm³/mol. The van der Waals surface area contributed by atoms with Crippen LogP contribution >= 0.6 is 0 Å². The molecule has 0 saturated carbocycles. The first-order valence-electron chi connectivity index (χ1n) is 8.32. The number of carbonyl (C=O) groups excluding carboxylic acids is 1. The summed E-state index contributed by atoms with van der Waals surface area (Å²) >= 11 is 0. The fourth-order valence-corrected chi connectivity index (χ4v) is 3.02. The third kappa shape index (κ3) is 2.76. The number of para-hydroxylation sites is 1. The van der Waals surface area contributed by atoms with Gasteiger partial charge in [-0.05, 0) is 30.2 Å². The monoisotopic (exact) mass is 333 g/mol. The van der Waals surface area contributed by atoms with Gasteiger partial charge in [0.25, 0.3) is 5.91 Å². The molecular weight excluding hydrogens is 314 g/mol. The highest BCUT2D eigenvalue weighted by Gasteiger charge is 2.24. The fourth-order valence-electron chi connectivity index (χ4n) is 3.02. The Morgan fingerprint density at radius 2 is 1.92 bits per heavy atom. The van der Waals surface area contributed by atoms with Gasteiger partial charge in [0.15, 0.2) is 11.5 Å². The lowest BCUT2D eigenvalue weighted by molar-refractivity contribution is 0.0918. The number of benzene rings is 1. The van der Waals surface area contributed by atoms with Gasteiger partial charge in [0.05, 0.1) is 6.04 Å². The van der Waals surface area contributed by atoms with Gasteiger partial charge in [-0.3, -0.25) is 9.20 Å². The lowest BCUT2D eigenvalue weighted by Gasteiger charge is -2.20. The number of H-pyrrole nitrogens is 1. The van der Waals surface area contributed by atoms with Gasteiger partial charge in [-0.25, -0.2) is 0 Å². The van der Waals surface area contributed by atoms with Crippen LogP contribution in [0.5, 0.6) is 0 Å². The van der Waals surface area contributed by atoms with Gasteiger partial charge in [-0.15, -0.1) is 10.2 Å². The molecule has 25 heavy (non-hydrogen) atoms. The van der Waals surface area contributed by atoms with Crippen LogP contribution < -0.4 is 5.32 Å². The average molecular weight is 333 g/mol. The molecule has 6 nitrogen and oxygen atoms in total. The normalized spacial score (nSPS) is 12.8. The van der Waals surface area contributed by atoms with E-state index in [9.17, 15) is 4.79 Å². The summed E-state index contributed by atoms with van der Waals surface area (Å²) in [6.45, 7) is 4.11. The maximum absolute atomic E-state index is 12.8. The summed E-state index contributed by atoms with van der Waals surface area (Å²) in [6.07, 6.45) is 1.91. The van der Waals surface area contributed by atoms with Crippen molar-refractivity contribution in [2.24, 2.45) is 5.92 Å². The molecule has 0 spiro atoms. The van der Waals surface area contributed by atoms with Crippen molar-refractivity contribution in [3.8, 4) is 0 Å². The highest BCUT2D eigenvalue weighted by molar-refractivity contribution is 5.98. The van der Waals surface area contributed by atoms with Crippen LogP contribution in [0.2, 0.25) is 0 Å². The topological polar surface area (TPSA) is 75.1 Å². The molecule has 4 aromatic rings. The van der Waals surface area contributed by atoms with Crippen molar-refractivity contribution in [2.75, 3.05) is 0 Å². The zero-order valence-corrected chi connectivity index (χ0v) is 14.1. The zero-order valence-electron chi connectivity index (χ0n) is 14.1. The molecule has 0 radical (unpaired) electrons. The number of hydrogen-bond acceptors (Lipinski definition) is 3. The Balaban J connectivity index is 1.66. The highest BCUT2D eigenvalue weighted by atomic mass is 16.2. The van der Waals surface area contributed by atoms with E-state index in [1.165, 1.54) is 0 Å². The number of carbonyl (C=O) groups is 1. The van der Waals surface area contributed by atoms with E-state index in [1.807, 2.05) is 59.1 Å². The Hall–Kier alpha value is -3.15. The number of pyridine rings is 1. The molecule has 0 aliphatic heterocycles. The summed E-state index contributed by atoms with van der Waals surface area (Å²) in [5, 5.41) is 12.6. The van der Waals surface area contributed by atoms with Crippen molar-refractivity contribution < 1.29 is 4.79 Å². The number of nitrogens with zero attached hydrogens (tertiary/aromatic N) is 3. The van der Waals surface area contributed by atoms with E-state index in [0.29, 0.717) is 5.69 Å². The quantitative estimate of drug-likeness (QED) is 0.601. The molecule has 6 heteroatoms. The standard InChI is InChI=1S/C19H19N5O/c1-12(2)17(18-23-22-16-9-5-6-10-24(16)18)21-19(25)15-11-13-7-3-4-8-14(13)20-15/h3-12,17,20H,1-2H3,(H,21,25)/t17-/m1/s1. The summed E-state index contributed by atoms with van der Waals surface area (Å²) in [5.74, 6) is 0.749. The molecule has 0 aliphatic carbocycles. The molecule has 0 saturated heterocycles. The van der Waals surface area contributed by atoms with Crippen LogP contribution in [0, 0.1) is 5.92 Å². The van der Waals surface area contributed by atoms with Gasteiger partial charge in [0.1, 0.15) is 5.69 Å². The minimum Gasteiger partial charge on any atom is -0.351 e. The van der Waals surface area contributed by atoms with Crippen LogP contribution in [0.1, 0.15) is 36.2 Å². The first-order chi connectivity index (χ1) is 12.1. The molecule has 3 heterocycles. The van der Waals surface area contributed by atoms with E-state index in [2.05, 4.69) is 34.3 Å². The molecule has 1 aromatic carbocycles. The van der Waals surface area contributed by atoms with E-state index < -0.39 is 0 Å². The minimum absolute atomic E-state index is 0.150. The molecule has 1 amide bonds. The van der Waals surface area contributed by atoms with Crippen LogP contribution in [0.3, 0.4) is 0 Å². The highest BCUT2D eigenvalue weighted by Crippen LogP contribution is 2.22. The van der Waals surface area contributed by atoms with Crippen molar-refractivity contribution in [1.29, 1.82) is 0 Å². The summed E-state index contributed by atoms with van der Waals surface area (Å²) in [4.78, 5) is 15.9. The van der Waals surface area contributed by atoms with Gasteiger partial charge in [0.2, 0.25) is 0 Å². The second-order valence-corrected chi connectivity index (χ2v) is 6.45. The molecule has 126 valence electrons. The molecule has 2 N–H and O–H groups in total. The minimum atomic E-state index is -0.240.